The largest absolute Gasteiger partial charge is 0.370 e. The molecule has 25 heavy (non-hydrogen) atoms. The number of carbonyl (C=O) groups is 2. The summed E-state index contributed by atoms with van der Waals surface area (Å²) in [7, 11) is 0. The SMILES string of the molecule is CC(=O)NCCCCCC(=O)Nc1ccc(N2CCCCC2)c(Cl)c1. The average molecular weight is 366 g/mol. The van der Waals surface area contributed by atoms with E-state index in [1.165, 1.54) is 26.2 Å². The molecule has 0 bridgehead atoms. The van der Waals surface area contributed by atoms with Crippen molar-refractivity contribution >= 4 is 34.8 Å². The minimum atomic E-state index is -0.0115. The number of hydrogen-bond donors (Lipinski definition) is 2. The van der Waals surface area contributed by atoms with Crippen molar-refractivity contribution in [1.82, 2.24) is 5.32 Å². The van der Waals surface area contributed by atoms with E-state index in [1.807, 2.05) is 18.2 Å². The Labute approximate surface area is 155 Å². The van der Waals surface area contributed by atoms with Crippen LogP contribution in [0.15, 0.2) is 18.2 Å². The summed E-state index contributed by atoms with van der Waals surface area (Å²) in [5.41, 5.74) is 1.80. The number of carbonyl (C=O) groups excluding carboxylic acids is 2. The molecule has 0 radical (unpaired) electrons. The van der Waals surface area contributed by atoms with Crippen molar-refractivity contribution in [3.05, 3.63) is 23.2 Å². The standard InChI is InChI=1S/C19H28ClN3O2/c1-15(24)21-11-5-2-4-8-19(25)22-16-9-10-18(17(20)14-16)23-12-6-3-7-13-23/h9-10,14H,2-8,11-13H2,1H3,(H,21,24)(H,22,25). The van der Waals surface area contributed by atoms with E-state index in [1.54, 1.807) is 0 Å². The molecule has 5 nitrogen and oxygen atoms in total. The maximum atomic E-state index is 12.0. The molecular formula is C19H28ClN3O2. The van der Waals surface area contributed by atoms with Gasteiger partial charge in [-0.2, -0.15) is 0 Å². The molecule has 0 spiro atoms. The first-order valence-electron chi connectivity index (χ1n) is 9.15. The van der Waals surface area contributed by atoms with Gasteiger partial charge in [-0.25, -0.2) is 0 Å². The van der Waals surface area contributed by atoms with E-state index in [-0.39, 0.29) is 11.8 Å². The molecule has 2 rings (SSSR count). The highest BCUT2D eigenvalue weighted by atomic mass is 35.5. The van der Waals surface area contributed by atoms with Crippen LogP contribution in [-0.2, 0) is 9.59 Å². The predicted molar refractivity (Wildman–Crippen MR) is 103 cm³/mol. The number of rotatable bonds is 8. The zero-order valence-corrected chi connectivity index (χ0v) is 15.7. The van der Waals surface area contributed by atoms with Crippen LogP contribution in [0.4, 0.5) is 11.4 Å². The third-order valence-electron chi connectivity index (χ3n) is 4.38. The van der Waals surface area contributed by atoms with Gasteiger partial charge in [0.2, 0.25) is 11.8 Å². The Bertz CT molecular complexity index is 586. The lowest BCUT2D eigenvalue weighted by atomic mass is 10.1. The van der Waals surface area contributed by atoms with Crippen molar-refractivity contribution in [2.75, 3.05) is 29.9 Å². The van der Waals surface area contributed by atoms with Crippen LogP contribution in [-0.4, -0.2) is 31.4 Å². The number of benzene rings is 1. The zero-order valence-electron chi connectivity index (χ0n) is 14.9. The number of unbranched alkanes of at least 4 members (excludes halogenated alkanes) is 2. The molecule has 1 heterocycles. The fraction of sp³-hybridized carbons (Fsp3) is 0.579. The van der Waals surface area contributed by atoms with E-state index in [0.29, 0.717) is 18.0 Å². The summed E-state index contributed by atoms with van der Waals surface area (Å²) < 4.78 is 0. The Morgan fingerprint density at radius 2 is 1.88 bits per heavy atom. The highest BCUT2D eigenvalue weighted by Gasteiger charge is 2.14. The molecule has 1 aromatic rings. The van der Waals surface area contributed by atoms with Crippen molar-refractivity contribution in [2.24, 2.45) is 0 Å². The summed E-state index contributed by atoms with van der Waals surface area (Å²) in [4.78, 5) is 25.1. The zero-order chi connectivity index (χ0) is 18.1. The van der Waals surface area contributed by atoms with Crippen molar-refractivity contribution in [3.63, 3.8) is 0 Å². The first-order chi connectivity index (χ1) is 12.1. The minimum Gasteiger partial charge on any atom is -0.370 e. The molecule has 1 aromatic carbocycles. The molecule has 2 N–H and O–H groups in total. The third-order valence-corrected chi connectivity index (χ3v) is 4.69. The van der Waals surface area contributed by atoms with E-state index < -0.39 is 0 Å². The molecule has 0 unspecified atom stereocenters. The number of nitrogens with one attached hydrogen (secondary N) is 2. The van der Waals surface area contributed by atoms with E-state index in [2.05, 4.69) is 15.5 Å². The third kappa shape index (κ3) is 6.94. The van der Waals surface area contributed by atoms with E-state index in [4.69, 9.17) is 11.6 Å². The van der Waals surface area contributed by atoms with Crippen LogP contribution in [0.2, 0.25) is 5.02 Å². The van der Waals surface area contributed by atoms with Crippen molar-refractivity contribution in [3.8, 4) is 0 Å². The second kappa shape index (κ2) is 10.3. The second-order valence-electron chi connectivity index (χ2n) is 6.56. The number of anilines is 2. The Morgan fingerprint density at radius 1 is 1.12 bits per heavy atom. The topological polar surface area (TPSA) is 61.4 Å². The summed E-state index contributed by atoms with van der Waals surface area (Å²) in [6.07, 6.45) is 6.79. The van der Waals surface area contributed by atoms with Crippen LogP contribution in [0.25, 0.3) is 0 Å². The molecular weight excluding hydrogens is 338 g/mol. The Balaban J connectivity index is 1.73. The van der Waals surface area contributed by atoms with Crippen LogP contribution in [0.1, 0.15) is 51.9 Å². The van der Waals surface area contributed by atoms with Gasteiger partial charge in [0.1, 0.15) is 0 Å². The van der Waals surface area contributed by atoms with Gasteiger partial charge in [-0.05, 0) is 50.3 Å². The predicted octanol–water partition coefficient (Wildman–Crippen LogP) is 3.97. The summed E-state index contributed by atoms with van der Waals surface area (Å²) in [5, 5.41) is 6.35. The lowest BCUT2D eigenvalue weighted by Crippen LogP contribution is -2.29. The number of hydrogen-bond acceptors (Lipinski definition) is 3. The van der Waals surface area contributed by atoms with E-state index >= 15 is 0 Å². The summed E-state index contributed by atoms with van der Waals surface area (Å²) >= 11 is 6.41. The van der Waals surface area contributed by atoms with Gasteiger partial charge in [-0.1, -0.05) is 18.0 Å². The highest BCUT2D eigenvalue weighted by Crippen LogP contribution is 2.30. The molecule has 2 amide bonds. The van der Waals surface area contributed by atoms with Gasteiger partial charge in [-0.3, -0.25) is 9.59 Å². The minimum absolute atomic E-state index is 0.00122. The molecule has 0 aliphatic carbocycles. The first-order valence-corrected chi connectivity index (χ1v) is 9.53. The maximum absolute atomic E-state index is 12.0. The molecule has 1 fully saturated rings. The molecule has 1 saturated heterocycles. The molecule has 6 heteroatoms. The molecule has 1 aliphatic rings. The number of nitrogens with zero attached hydrogens (tertiary/aromatic N) is 1. The van der Waals surface area contributed by atoms with Gasteiger partial charge in [0.15, 0.2) is 0 Å². The summed E-state index contributed by atoms with van der Waals surface area (Å²) in [6, 6.07) is 5.75. The molecule has 0 saturated carbocycles. The van der Waals surface area contributed by atoms with Crippen molar-refractivity contribution in [1.29, 1.82) is 0 Å². The average Bonchev–Trinajstić information content (AvgIpc) is 2.58. The molecule has 0 aromatic heterocycles. The number of piperidine rings is 1. The summed E-state index contributed by atoms with van der Waals surface area (Å²) in [6.45, 7) is 4.27. The first kappa shape index (κ1) is 19.6. The van der Waals surface area contributed by atoms with Gasteiger partial charge in [-0.15, -0.1) is 0 Å². The lowest BCUT2D eigenvalue weighted by Gasteiger charge is -2.29. The number of halogens is 1. The molecule has 1 aliphatic heterocycles. The van der Waals surface area contributed by atoms with Crippen LogP contribution in [0.3, 0.4) is 0 Å². The lowest BCUT2D eigenvalue weighted by molar-refractivity contribution is -0.119. The van der Waals surface area contributed by atoms with Crippen LogP contribution in [0.5, 0.6) is 0 Å². The van der Waals surface area contributed by atoms with Gasteiger partial charge in [0.25, 0.3) is 0 Å². The van der Waals surface area contributed by atoms with Crippen LogP contribution in [0, 0.1) is 0 Å². The fourth-order valence-electron chi connectivity index (χ4n) is 3.05. The normalized spacial score (nSPS) is 14.2. The van der Waals surface area contributed by atoms with E-state index in [9.17, 15) is 9.59 Å². The quantitative estimate of drug-likeness (QED) is 0.685. The monoisotopic (exact) mass is 365 g/mol. The van der Waals surface area contributed by atoms with E-state index in [0.717, 1.165) is 43.7 Å². The molecule has 0 atom stereocenters. The fourth-order valence-corrected chi connectivity index (χ4v) is 3.35. The van der Waals surface area contributed by atoms with Crippen molar-refractivity contribution < 1.29 is 9.59 Å². The second-order valence-corrected chi connectivity index (χ2v) is 6.96. The van der Waals surface area contributed by atoms with Gasteiger partial charge < -0.3 is 15.5 Å². The van der Waals surface area contributed by atoms with Gasteiger partial charge in [0, 0.05) is 38.7 Å². The smallest absolute Gasteiger partial charge is 0.224 e. The maximum Gasteiger partial charge on any atom is 0.224 e. The Morgan fingerprint density at radius 3 is 2.56 bits per heavy atom. The van der Waals surface area contributed by atoms with Crippen molar-refractivity contribution in [2.45, 2.75) is 51.9 Å². The summed E-state index contributed by atoms with van der Waals surface area (Å²) in [5.74, 6) is -0.0102. The van der Waals surface area contributed by atoms with Gasteiger partial charge in [0.05, 0.1) is 10.7 Å². The van der Waals surface area contributed by atoms with Crippen LogP contribution >= 0.6 is 11.6 Å². The van der Waals surface area contributed by atoms with Crippen LogP contribution < -0.4 is 15.5 Å². The Kier molecular flexibility index (Phi) is 8.06. The highest BCUT2D eigenvalue weighted by molar-refractivity contribution is 6.33. The van der Waals surface area contributed by atoms with Gasteiger partial charge >= 0.3 is 0 Å². The number of amides is 2. The molecule has 138 valence electrons. The Hall–Kier alpha value is -1.75.